The fourth-order valence-corrected chi connectivity index (χ4v) is 0.240. The van der Waals surface area contributed by atoms with Crippen LogP contribution in [0.3, 0.4) is 0 Å². The summed E-state index contributed by atoms with van der Waals surface area (Å²) in [6.45, 7) is -0.331. The quantitative estimate of drug-likeness (QED) is 0.443. The van der Waals surface area contributed by atoms with Gasteiger partial charge in [0.05, 0.1) is 12.7 Å². The van der Waals surface area contributed by atoms with Gasteiger partial charge in [-0.25, -0.2) is 0 Å². The minimum atomic E-state index is -0.745. The van der Waals surface area contributed by atoms with E-state index < -0.39 is 6.10 Å². The molecule has 8 heavy (non-hydrogen) atoms. The molecule has 0 aromatic carbocycles. The van der Waals surface area contributed by atoms with Gasteiger partial charge in [-0.3, -0.25) is 0 Å². The zero-order valence-electron chi connectivity index (χ0n) is 4.54. The maximum Gasteiger partial charge on any atom is 0.0792 e. The van der Waals surface area contributed by atoms with Gasteiger partial charge in [0, 0.05) is 28.3 Å². The van der Waals surface area contributed by atoms with Crippen molar-refractivity contribution in [3.8, 4) is 0 Å². The van der Waals surface area contributed by atoms with Crippen LogP contribution in [0.4, 0.5) is 0 Å². The standard InChI is InChI=1S/C4H10O3.Ti/c5-2-1-4(7)3-6;/h4-7H,1-3H2;. The monoisotopic (exact) mass is 154 g/mol. The van der Waals surface area contributed by atoms with Gasteiger partial charge < -0.3 is 15.3 Å². The van der Waals surface area contributed by atoms with Gasteiger partial charge in [0.2, 0.25) is 0 Å². The molecule has 0 spiro atoms. The van der Waals surface area contributed by atoms with Crippen molar-refractivity contribution in [1.82, 2.24) is 0 Å². The van der Waals surface area contributed by atoms with Crippen molar-refractivity contribution >= 4 is 0 Å². The SMILES string of the molecule is OCCC(O)CO.[Ti]. The van der Waals surface area contributed by atoms with Crippen LogP contribution in [0.25, 0.3) is 0 Å². The van der Waals surface area contributed by atoms with Crippen LogP contribution in [0.2, 0.25) is 0 Å². The Morgan fingerprint density at radius 3 is 1.88 bits per heavy atom. The average Bonchev–Trinajstić information content (AvgIpc) is 1.68. The van der Waals surface area contributed by atoms with E-state index in [1.807, 2.05) is 0 Å². The Morgan fingerprint density at radius 1 is 1.25 bits per heavy atom. The molecule has 0 amide bonds. The van der Waals surface area contributed by atoms with E-state index in [2.05, 4.69) is 0 Å². The number of rotatable bonds is 3. The average molecular weight is 154 g/mol. The third kappa shape index (κ3) is 6.59. The first-order valence-corrected chi connectivity index (χ1v) is 2.21. The van der Waals surface area contributed by atoms with Crippen molar-refractivity contribution in [2.45, 2.75) is 12.5 Å². The second kappa shape index (κ2) is 7.59. The molecule has 0 rings (SSSR count). The normalized spacial score (nSPS) is 12.4. The van der Waals surface area contributed by atoms with Gasteiger partial charge >= 0.3 is 0 Å². The van der Waals surface area contributed by atoms with Crippen molar-refractivity contribution in [2.75, 3.05) is 13.2 Å². The topological polar surface area (TPSA) is 60.7 Å². The Balaban J connectivity index is 0. The molecule has 0 aromatic heterocycles. The van der Waals surface area contributed by atoms with Crippen molar-refractivity contribution < 1.29 is 37.0 Å². The number of aliphatic hydroxyl groups excluding tert-OH is 3. The van der Waals surface area contributed by atoms with Crippen molar-refractivity contribution in [1.29, 1.82) is 0 Å². The van der Waals surface area contributed by atoms with Crippen LogP contribution in [0.5, 0.6) is 0 Å². The molecule has 0 aromatic rings. The van der Waals surface area contributed by atoms with Gasteiger partial charge in [-0.1, -0.05) is 0 Å². The molecule has 0 aliphatic carbocycles. The van der Waals surface area contributed by atoms with Gasteiger partial charge in [0.1, 0.15) is 0 Å². The molecule has 0 fully saturated rings. The maximum atomic E-state index is 8.45. The van der Waals surface area contributed by atoms with Gasteiger partial charge in [-0.05, 0) is 6.42 Å². The fourth-order valence-electron chi connectivity index (χ4n) is 0.240. The van der Waals surface area contributed by atoms with E-state index in [0.717, 1.165) is 0 Å². The van der Waals surface area contributed by atoms with E-state index in [1.165, 1.54) is 0 Å². The summed E-state index contributed by atoms with van der Waals surface area (Å²) < 4.78 is 0. The summed E-state index contributed by atoms with van der Waals surface area (Å²) in [5, 5.41) is 24.6. The number of hydrogen-bond acceptors (Lipinski definition) is 3. The zero-order chi connectivity index (χ0) is 5.70. The maximum absolute atomic E-state index is 8.45. The minimum absolute atomic E-state index is 0. The molecular formula is C4H10O3Ti. The smallest absolute Gasteiger partial charge is 0.0792 e. The largest absolute Gasteiger partial charge is 0.396 e. The molecule has 0 saturated carbocycles. The molecule has 0 radical (unpaired) electrons. The molecular weight excluding hydrogens is 144 g/mol. The van der Waals surface area contributed by atoms with E-state index >= 15 is 0 Å². The second-order valence-electron chi connectivity index (χ2n) is 1.35. The van der Waals surface area contributed by atoms with Crippen LogP contribution in [-0.2, 0) is 21.7 Å². The van der Waals surface area contributed by atoms with Crippen LogP contribution in [0, 0.1) is 0 Å². The molecule has 48 valence electrons. The Bertz CT molecular complexity index is 42.3. The Labute approximate surface area is 63.2 Å². The van der Waals surface area contributed by atoms with Gasteiger partial charge in [-0.15, -0.1) is 0 Å². The molecule has 4 heteroatoms. The molecule has 0 bridgehead atoms. The summed E-state index contributed by atoms with van der Waals surface area (Å²) in [7, 11) is 0. The first-order chi connectivity index (χ1) is 3.31. The second-order valence-corrected chi connectivity index (χ2v) is 1.35. The molecule has 3 N–H and O–H groups in total. The van der Waals surface area contributed by atoms with Gasteiger partial charge in [-0.2, -0.15) is 0 Å². The van der Waals surface area contributed by atoms with Crippen molar-refractivity contribution in [2.24, 2.45) is 0 Å². The third-order valence-electron chi connectivity index (χ3n) is 0.673. The summed E-state index contributed by atoms with van der Waals surface area (Å²) in [5.74, 6) is 0. The summed E-state index contributed by atoms with van der Waals surface area (Å²) in [4.78, 5) is 0. The zero-order valence-corrected chi connectivity index (χ0v) is 6.10. The molecule has 1 unspecified atom stereocenters. The van der Waals surface area contributed by atoms with Crippen LogP contribution in [0.15, 0.2) is 0 Å². The number of aliphatic hydroxyl groups is 3. The Morgan fingerprint density at radius 2 is 1.75 bits per heavy atom. The van der Waals surface area contributed by atoms with Crippen LogP contribution in [-0.4, -0.2) is 34.6 Å². The van der Waals surface area contributed by atoms with Crippen LogP contribution < -0.4 is 0 Å². The van der Waals surface area contributed by atoms with E-state index in [9.17, 15) is 0 Å². The molecule has 0 heterocycles. The van der Waals surface area contributed by atoms with Crippen molar-refractivity contribution in [3.63, 3.8) is 0 Å². The number of hydrogen-bond donors (Lipinski definition) is 3. The summed E-state index contributed by atoms with van der Waals surface area (Å²) in [6.07, 6.45) is -0.485. The van der Waals surface area contributed by atoms with E-state index in [1.54, 1.807) is 0 Å². The summed E-state index contributed by atoms with van der Waals surface area (Å²) in [5.41, 5.74) is 0. The molecule has 1 atom stereocenters. The van der Waals surface area contributed by atoms with E-state index in [0.29, 0.717) is 0 Å². The summed E-state index contributed by atoms with van der Waals surface area (Å²) in [6, 6.07) is 0. The Kier molecular flexibility index (Phi) is 10.8. The van der Waals surface area contributed by atoms with Gasteiger partial charge in [0.25, 0.3) is 0 Å². The summed E-state index contributed by atoms with van der Waals surface area (Å²) >= 11 is 0. The van der Waals surface area contributed by atoms with E-state index in [4.69, 9.17) is 15.3 Å². The van der Waals surface area contributed by atoms with Gasteiger partial charge in [0.15, 0.2) is 0 Å². The molecule has 0 aliphatic rings. The molecule has 0 saturated heterocycles. The predicted molar refractivity (Wildman–Crippen MR) is 24.8 cm³/mol. The first-order valence-electron chi connectivity index (χ1n) is 2.21. The fraction of sp³-hybridized carbons (Fsp3) is 1.00. The van der Waals surface area contributed by atoms with Crippen molar-refractivity contribution in [3.05, 3.63) is 0 Å². The molecule has 0 aliphatic heterocycles. The minimum Gasteiger partial charge on any atom is -0.396 e. The first kappa shape index (κ1) is 11.4. The third-order valence-corrected chi connectivity index (χ3v) is 0.673. The Hall–Kier alpha value is 0.594. The van der Waals surface area contributed by atoms with Crippen LogP contribution in [0.1, 0.15) is 6.42 Å². The van der Waals surface area contributed by atoms with E-state index in [-0.39, 0.29) is 41.4 Å². The molecule has 3 nitrogen and oxygen atoms in total. The van der Waals surface area contributed by atoms with Crippen LogP contribution >= 0.6 is 0 Å². The predicted octanol–water partition coefficient (Wildman–Crippen LogP) is -1.28.